The fourth-order valence-electron chi connectivity index (χ4n) is 2.29. The number of hydrogen-bond donors (Lipinski definition) is 2. The lowest BCUT2D eigenvalue weighted by Crippen LogP contribution is -2.17. The summed E-state index contributed by atoms with van der Waals surface area (Å²) in [6.45, 7) is 0.383. The lowest BCUT2D eigenvalue weighted by atomic mass is 10.1. The molecule has 0 aliphatic carbocycles. The van der Waals surface area contributed by atoms with Gasteiger partial charge in [-0.2, -0.15) is 0 Å². The van der Waals surface area contributed by atoms with E-state index in [0.717, 1.165) is 27.9 Å². The summed E-state index contributed by atoms with van der Waals surface area (Å²) in [6.07, 6.45) is 1.77. The Morgan fingerprint density at radius 3 is 2.86 bits per heavy atom. The van der Waals surface area contributed by atoms with Gasteiger partial charge in [0.05, 0.1) is 16.9 Å². The fourth-order valence-corrected chi connectivity index (χ4v) is 2.29. The van der Waals surface area contributed by atoms with E-state index in [2.05, 4.69) is 15.3 Å². The zero-order chi connectivity index (χ0) is 15.5. The Morgan fingerprint density at radius 1 is 1.23 bits per heavy atom. The van der Waals surface area contributed by atoms with Gasteiger partial charge in [-0.3, -0.25) is 9.78 Å². The minimum Gasteiger partial charge on any atom is -0.355 e. The van der Waals surface area contributed by atoms with Gasteiger partial charge >= 0.3 is 0 Å². The standard InChI is InChI=1S/C17H16N4O/c1-19-17(22)12-4-2-3-11(7-12)15-6-5-13-10-20-14(9-18)8-16(13)21-15/h2-8,10H,9,18H2,1H3,(H,19,22). The highest BCUT2D eigenvalue weighted by atomic mass is 16.1. The smallest absolute Gasteiger partial charge is 0.251 e. The molecule has 0 spiro atoms. The highest BCUT2D eigenvalue weighted by Crippen LogP contribution is 2.22. The van der Waals surface area contributed by atoms with Crippen LogP contribution in [-0.2, 0) is 6.54 Å². The third-order valence-electron chi connectivity index (χ3n) is 3.49. The lowest BCUT2D eigenvalue weighted by molar-refractivity contribution is 0.0963. The van der Waals surface area contributed by atoms with Crippen LogP contribution >= 0.6 is 0 Å². The van der Waals surface area contributed by atoms with E-state index in [1.807, 2.05) is 36.4 Å². The summed E-state index contributed by atoms with van der Waals surface area (Å²) in [5.74, 6) is -0.114. The van der Waals surface area contributed by atoms with Crippen molar-refractivity contribution < 1.29 is 4.79 Å². The first-order valence-corrected chi connectivity index (χ1v) is 6.99. The Labute approximate surface area is 128 Å². The van der Waals surface area contributed by atoms with Crippen molar-refractivity contribution in [2.45, 2.75) is 6.54 Å². The summed E-state index contributed by atoms with van der Waals surface area (Å²) < 4.78 is 0. The monoisotopic (exact) mass is 292 g/mol. The number of aromatic nitrogens is 2. The van der Waals surface area contributed by atoms with Gasteiger partial charge in [0.15, 0.2) is 0 Å². The molecule has 0 aliphatic rings. The maximum atomic E-state index is 11.7. The number of carbonyl (C=O) groups excluding carboxylic acids is 1. The molecule has 3 aromatic rings. The Morgan fingerprint density at radius 2 is 2.09 bits per heavy atom. The van der Waals surface area contributed by atoms with Crippen LogP contribution in [0.4, 0.5) is 0 Å². The van der Waals surface area contributed by atoms with Gasteiger partial charge in [0.2, 0.25) is 0 Å². The fraction of sp³-hybridized carbons (Fsp3) is 0.118. The number of nitrogens with one attached hydrogen (secondary N) is 1. The maximum absolute atomic E-state index is 11.7. The molecule has 5 nitrogen and oxygen atoms in total. The van der Waals surface area contributed by atoms with Crippen LogP contribution in [0.15, 0.2) is 48.7 Å². The molecule has 0 atom stereocenters. The molecule has 0 aliphatic heterocycles. The van der Waals surface area contributed by atoms with E-state index in [1.165, 1.54) is 0 Å². The second-order valence-electron chi connectivity index (χ2n) is 4.93. The normalized spacial score (nSPS) is 10.6. The van der Waals surface area contributed by atoms with Crippen LogP contribution in [0.1, 0.15) is 16.1 Å². The van der Waals surface area contributed by atoms with E-state index in [4.69, 9.17) is 5.73 Å². The van der Waals surface area contributed by atoms with Gasteiger partial charge in [-0.15, -0.1) is 0 Å². The van der Waals surface area contributed by atoms with Crippen molar-refractivity contribution in [3.63, 3.8) is 0 Å². The summed E-state index contributed by atoms with van der Waals surface area (Å²) in [4.78, 5) is 20.7. The molecular weight excluding hydrogens is 276 g/mol. The van der Waals surface area contributed by atoms with Crippen LogP contribution in [-0.4, -0.2) is 22.9 Å². The number of fused-ring (bicyclic) bond motifs is 1. The average molecular weight is 292 g/mol. The Bertz CT molecular complexity index is 845. The number of carbonyl (C=O) groups is 1. The Hall–Kier alpha value is -2.79. The SMILES string of the molecule is CNC(=O)c1cccc(-c2ccc3cnc(CN)cc3n2)c1. The molecule has 5 heteroatoms. The molecule has 1 aromatic carbocycles. The van der Waals surface area contributed by atoms with Gasteiger partial charge in [-0.05, 0) is 30.3 Å². The van der Waals surface area contributed by atoms with E-state index < -0.39 is 0 Å². The van der Waals surface area contributed by atoms with Gasteiger partial charge in [0.25, 0.3) is 5.91 Å². The summed E-state index contributed by atoms with van der Waals surface area (Å²) in [6, 6.07) is 13.2. The number of benzene rings is 1. The van der Waals surface area contributed by atoms with Crippen molar-refractivity contribution >= 4 is 16.8 Å². The van der Waals surface area contributed by atoms with Crippen LogP contribution < -0.4 is 11.1 Å². The third kappa shape index (κ3) is 2.66. The second kappa shape index (κ2) is 5.91. The highest BCUT2D eigenvalue weighted by molar-refractivity contribution is 5.95. The molecule has 2 aromatic heterocycles. The number of amides is 1. The highest BCUT2D eigenvalue weighted by Gasteiger charge is 2.07. The minimum absolute atomic E-state index is 0.114. The number of nitrogens with zero attached hydrogens (tertiary/aromatic N) is 2. The van der Waals surface area contributed by atoms with Gasteiger partial charge < -0.3 is 11.1 Å². The maximum Gasteiger partial charge on any atom is 0.251 e. The first-order chi connectivity index (χ1) is 10.7. The second-order valence-corrected chi connectivity index (χ2v) is 4.93. The first kappa shape index (κ1) is 14.2. The van der Waals surface area contributed by atoms with Crippen LogP contribution in [0, 0.1) is 0 Å². The molecule has 0 saturated carbocycles. The van der Waals surface area contributed by atoms with E-state index >= 15 is 0 Å². The van der Waals surface area contributed by atoms with Crippen LogP contribution in [0.3, 0.4) is 0 Å². The van der Waals surface area contributed by atoms with Crippen molar-refractivity contribution in [3.05, 3.63) is 59.9 Å². The van der Waals surface area contributed by atoms with E-state index in [-0.39, 0.29) is 5.91 Å². The summed E-state index contributed by atoms with van der Waals surface area (Å²) in [5, 5.41) is 3.58. The number of rotatable bonds is 3. The van der Waals surface area contributed by atoms with Crippen molar-refractivity contribution in [1.82, 2.24) is 15.3 Å². The molecular formula is C17H16N4O. The molecule has 2 heterocycles. The topological polar surface area (TPSA) is 80.9 Å². The van der Waals surface area contributed by atoms with E-state index in [1.54, 1.807) is 19.3 Å². The van der Waals surface area contributed by atoms with Gasteiger partial charge in [0.1, 0.15) is 0 Å². The quantitative estimate of drug-likeness (QED) is 0.774. The molecule has 22 heavy (non-hydrogen) atoms. The molecule has 0 fully saturated rings. The minimum atomic E-state index is -0.114. The van der Waals surface area contributed by atoms with Gasteiger partial charge in [0, 0.05) is 36.3 Å². The molecule has 0 bridgehead atoms. The van der Waals surface area contributed by atoms with Crippen LogP contribution in [0.25, 0.3) is 22.2 Å². The third-order valence-corrected chi connectivity index (χ3v) is 3.49. The Kier molecular flexibility index (Phi) is 3.80. The predicted molar refractivity (Wildman–Crippen MR) is 86.3 cm³/mol. The molecule has 0 saturated heterocycles. The van der Waals surface area contributed by atoms with Gasteiger partial charge in [-0.1, -0.05) is 12.1 Å². The van der Waals surface area contributed by atoms with Crippen molar-refractivity contribution in [2.24, 2.45) is 5.73 Å². The molecule has 110 valence electrons. The number of pyridine rings is 2. The van der Waals surface area contributed by atoms with Crippen molar-refractivity contribution in [2.75, 3.05) is 7.05 Å². The predicted octanol–water partition coefficient (Wildman–Crippen LogP) is 2.12. The van der Waals surface area contributed by atoms with Crippen molar-refractivity contribution in [3.8, 4) is 11.3 Å². The number of hydrogen-bond acceptors (Lipinski definition) is 4. The summed E-state index contributed by atoms with van der Waals surface area (Å²) in [5.41, 5.74) is 9.59. The van der Waals surface area contributed by atoms with E-state index in [0.29, 0.717) is 12.1 Å². The summed E-state index contributed by atoms with van der Waals surface area (Å²) in [7, 11) is 1.62. The first-order valence-electron chi connectivity index (χ1n) is 6.99. The molecule has 0 unspecified atom stereocenters. The largest absolute Gasteiger partial charge is 0.355 e. The molecule has 3 rings (SSSR count). The zero-order valence-corrected chi connectivity index (χ0v) is 12.2. The zero-order valence-electron chi connectivity index (χ0n) is 12.2. The Balaban J connectivity index is 2.07. The molecule has 3 N–H and O–H groups in total. The van der Waals surface area contributed by atoms with Gasteiger partial charge in [-0.25, -0.2) is 4.98 Å². The molecule has 1 amide bonds. The lowest BCUT2D eigenvalue weighted by Gasteiger charge is -2.06. The summed E-state index contributed by atoms with van der Waals surface area (Å²) >= 11 is 0. The molecule has 0 radical (unpaired) electrons. The van der Waals surface area contributed by atoms with Crippen LogP contribution in [0.5, 0.6) is 0 Å². The van der Waals surface area contributed by atoms with Crippen LogP contribution in [0.2, 0.25) is 0 Å². The van der Waals surface area contributed by atoms with Crippen molar-refractivity contribution in [1.29, 1.82) is 0 Å². The number of nitrogens with two attached hydrogens (primary N) is 1. The average Bonchev–Trinajstić information content (AvgIpc) is 2.60. The van der Waals surface area contributed by atoms with E-state index in [9.17, 15) is 4.79 Å².